The summed E-state index contributed by atoms with van der Waals surface area (Å²) < 4.78 is 7.49. The Bertz CT molecular complexity index is 1150. The van der Waals surface area contributed by atoms with Crippen LogP contribution in [0.1, 0.15) is 30.7 Å². The highest BCUT2D eigenvalue weighted by Gasteiger charge is 2.18. The fourth-order valence-electron chi connectivity index (χ4n) is 3.52. The zero-order valence-electron chi connectivity index (χ0n) is 18.1. The maximum atomic E-state index is 12.8. The van der Waals surface area contributed by atoms with E-state index in [1.54, 1.807) is 18.7 Å². The van der Waals surface area contributed by atoms with E-state index in [1.165, 1.54) is 11.8 Å². The third kappa shape index (κ3) is 4.91. The van der Waals surface area contributed by atoms with Crippen LogP contribution < -0.4 is 5.32 Å². The second-order valence-electron chi connectivity index (χ2n) is 7.20. The Labute approximate surface area is 191 Å². The molecule has 0 atom stereocenters. The normalized spacial score (nSPS) is 10.9. The van der Waals surface area contributed by atoms with Crippen molar-refractivity contribution in [1.82, 2.24) is 19.7 Å². The van der Waals surface area contributed by atoms with Crippen LogP contribution in [-0.2, 0) is 24.2 Å². The minimum Gasteiger partial charge on any atom is -0.467 e. The minimum absolute atomic E-state index is 0.0661. The number of benzene rings is 1. The molecular weight excluding hydrogens is 422 g/mol. The van der Waals surface area contributed by atoms with Crippen LogP contribution >= 0.6 is 11.8 Å². The number of hydrogen-bond donors (Lipinski definition) is 1. The molecule has 0 spiro atoms. The molecule has 0 fully saturated rings. The van der Waals surface area contributed by atoms with E-state index >= 15 is 0 Å². The van der Waals surface area contributed by atoms with E-state index in [0.717, 1.165) is 41.0 Å². The lowest BCUT2D eigenvalue weighted by atomic mass is 10.0. The van der Waals surface area contributed by atoms with Crippen molar-refractivity contribution >= 4 is 23.4 Å². The molecule has 1 N–H and O–H groups in total. The second-order valence-corrected chi connectivity index (χ2v) is 8.15. The number of nitrogens with one attached hydrogen (secondary N) is 1. The molecule has 1 amide bonds. The van der Waals surface area contributed by atoms with E-state index < -0.39 is 0 Å². The number of aromatic nitrogens is 4. The zero-order valence-corrected chi connectivity index (χ0v) is 18.9. The monoisotopic (exact) mass is 447 g/mol. The standard InChI is InChI=1S/C24H25N5O2S/c1-3-17-7-5-8-18(4-2)22(17)26-21(30)16-32-24-28-27-23(19-10-12-25-13-11-19)29(24)15-20-9-6-14-31-20/h5-14H,3-4,15-16H2,1-2H3,(H,26,30). The Morgan fingerprint density at radius 1 is 1.03 bits per heavy atom. The van der Waals surface area contributed by atoms with E-state index in [0.29, 0.717) is 17.5 Å². The Morgan fingerprint density at radius 2 is 1.78 bits per heavy atom. The molecule has 0 aliphatic rings. The van der Waals surface area contributed by atoms with Gasteiger partial charge in [-0.15, -0.1) is 10.2 Å². The molecule has 8 heteroatoms. The van der Waals surface area contributed by atoms with Crippen molar-refractivity contribution in [1.29, 1.82) is 0 Å². The summed E-state index contributed by atoms with van der Waals surface area (Å²) in [4.78, 5) is 16.9. The number of pyridine rings is 1. The van der Waals surface area contributed by atoms with Crippen molar-refractivity contribution in [2.75, 3.05) is 11.1 Å². The number of furan rings is 1. The molecule has 1 aromatic carbocycles. The first-order chi connectivity index (χ1) is 15.7. The van der Waals surface area contributed by atoms with Gasteiger partial charge in [0, 0.05) is 23.6 Å². The first-order valence-electron chi connectivity index (χ1n) is 10.6. The lowest BCUT2D eigenvalue weighted by Crippen LogP contribution is -2.17. The molecule has 3 aromatic heterocycles. The smallest absolute Gasteiger partial charge is 0.234 e. The molecule has 0 aliphatic heterocycles. The van der Waals surface area contributed by atoms with Crippen LogP contribution in [0.4, 0.5) is 5.69 Å². The molecule has 4 aromatic rings. The average molecular weight is 448 g/mol. The summed E-state index contributed by atoms with van der Waals surface area (Å²) in [6, 6.07) is 13.7. The molecular formula is C24H25N5O2S. The van der Waals surface area contributed by atoms with Gasteiger partial charge in [-0.3, -0.25) is 14.3 Å². The molecule has 164 valence electrons. The van der Waals surface area contributed by atoms with Gasteiger partial charge in [0.15, 0.2) is 11.0 Å². The van der Waals surface area contributed by atoms with Crippen molar-refractivity contribution in [2.45, 2.75) is 38.4 Å². The maximum Gasteiger partial charge on any atom is 0.234 e. The van der Waals surface area contributed by atoms with Crippen LogP contribution in [0.25, 0.3) is 11.4 Å². The number of aryl methyl sites for hydroxylation is 2. The Morgan fingerprint density at radius 3 is 2.44 bits per heavy atom. The summed E-state index contributed by atoms with van der Waals surface area (Å²) in [5.74, 6) is 1.66. The predicted octanol–water partition coefficient (Wildman–Crippen LogP) is 4.84. The summed E-state index contributed by atoms with van der Waals surface area (Å²) in [5.41, 5.74) is 4.12. The largest absolute Gasteiger partial charge is 0.467 e. The molecule has 0 saturated heterocycles. The van der Waals surface area contributed by atoms with E-state index in [1.807, 2.05) is 34.9 Å². The number of rotatable bonds is 9. The summed E-state index contributed by atoms with van der Waals surface area (Å²) >= 11 is 1.36. The zero-order chi connectivity index (χ0) is 22.3. The number of anilines is 1. The highest BCUT2D eigenvalue weighted by molar-refractivity contribution is 7.99. The molecule has 0 aliphatic carbocycles. The molecule has 0 radical (unpaired) electrons. The molecule has 0 unspecified atom stereocenters. The first kappa shape index (κ1) is 21.8. The van der Waals surface area contributed by atoms with Crippen LogP contribution in [-0.4, -0.2) is 31.4 Å². The molecule has 3 heterocycles. The number of hydrogen-bond acceptors (Lipinski definition) is 6. The third-order valence-electron chi connectivity index (χ3n) is 5.15. The van der Waals surface area contributed by atoms with Crippen molar-refractivity contribution in [3.8, 4) is 11.4 Å². The molecule has 32 heavy (non-hydrogen) atoms. The summed E-state index contributed by atoms with van der Waals surface area (Å²) in [6.45, 7) is 4.66. The van der Waals surface area contributed by atoms with Gasteiger partial charge in [-0.05, 0) is 48.2 Å². The van der Waals surface area contributed by atoms with Gasteiger partial charge in [-0.1, -0.05) is 43.8 Å². The van der Waals surface area contributed by atoms with E-state index in [2.05, 4.69) is 46.5 Å². The Hall–Kier alpha value is -3.39. The third-order valence-corrected chi connectivity index (χ3v) is 6.11. The van der Waals surface area contributed by atoms with Crippen LogP contribution in [0, 0.1) is 0 Å². The number of carbonyl (C=O) groups is 1. The number of amides is 1. The summed E-state index contributed by atoms with van der Waals surface area (Å²) in [5, 5.41) is 12.5. The van der Waals surface area contributed by atoms with Crippen molar-refractivity contribution in [2.24, 2.45) is 0 Å². The van der Waals surface area contributed by atoms with Crippen LogP contribution in [0.2, 0.25) is 0 Å². The average Bonchev–Trinajstić information content (AvgIpc) is 3.49. The van der Waals surface area contributed by atoms with Gasteiger partial charge < -0.3 is 9.73 Å². The van der Waals surface area contributed by atoms with Gasteiger partial charge in [0.05, 0.1) is 18.6 Å². The fraction of sp³-hybridized carbons (Fsp3) is 0.250. The van der Waals surface area contributed by atoms with Gasteiger partial charge in [-0.25, -0.2) is 0 Å². The van der Waals surface area contributed by atoms with Crippen molar-refractivity contribution in [3.63, 3.8) is 0 Å². The number of nitrogens with zero attached hydrogens (tertiary/aromatic N) is 4. The van der Waals surface area contributed by atoms with Crippen LogP contribution in [0.5, 0.6) is 0 Å². The lowest BCUT2D eigenvalue weighted by molar-refractivity contribution is -0.113. The Kier molecular flexibility index (Phi) is 7.01. The molecule has 7 nitrogen and oxygen atoms in total. The summed E-state index contributed by atoms with van der Waals surface area (Å²) in [6.07, 6.45) is 6.81. The predicted molar refractivity (Wildman–Crippen MR) is 126 cm³/mol. The van der Waals surface area contributed by atoms with E-state index in [4.69, 9.17) is 4.42 Å². The summed E-state index contributed by atoms with van der Waals surface area (Å²) in [7, 11) is 0. The number of carbonyl (C=O) groups excluding carboxylic acids is 1. The first-order valence-corrected chi connectivity index (χ1v) is 11.6. The number of para-hydroxylation sites is 1. The second kappa shape index (κ2) is 10.3. The maximum absolute atomic E-state index is 12.8. The minimum atomic E-state index is -0.0661. The highest BCUT2D eigenvalue weighted by Crippen LogP contribution is 2.26. The van der Waals surface area contributed by atoms with Gasteiger partial charge in [-0.2, -0.15) is 0 Å². The van der Waals surface area contributed by atoms with Crippen molar-refractivity contribution in [3.05, 3.63) is 78.0 Å². The van der Waals surface area contributed by atoms with Gasteiger partial charge in [0.2, 0.25) is 5.91 Å². The SMILES string of the molecule is CCc1cccc(CC)c1NC(=O)CSc1nnc(-c2ccncc2)n1Cc1ccco1. The van der Waals surface area contributed by atoms with Crippen LogP contribution in [0.15, 0.2) is 70.7 Å². The van der Waals surface area contributed by atoms with E-state index in [9.17, 15) is 4.79 Å². The Balaban J connectivity index is 1.53. The van der Waals surface area contributed by atoms with Gasteiger partial charge in [0.25, 0.3) is 0 Å². The lowest BCUT2D eigenvalue weighted by Gasteiger charge is -2.14. The fourth-order valence-corrected chi connectivity index (χ4v) is 4.26. The van der Waals surface area contributed by atoms with E-state index in [-0.39, 0.29) is 11.7 Å². The van der Waals surface area contributed by atoms with Crippen molar-refractivity contribution < 1.29 is 9.21 Å². The van der Waals surface area contributed by atoms with Gasteiger partial charge in [0.1, 0.15) is 5.76 Å². The molecule has 0 bridgehead atoms. The topological polar surface area (TPSA) is 85.8 Å². The molecule has 0 saturated carbocycles. The quantitative estimate of drug-likeness (QED) is 0.370. The molecule has 4 rings (SSSR count). The number of thioether (sulfide) groups is 1. The van der Waals surface area contributed by atoms with Gasteiger partial charge >= 0.3 is 0 Å². The van der Waals surface area contributed by atoms with Crippen LogP contribution in [0.3, 0.4) is 0 Å². The highest BCUT2D eigenvalue weighted by atomic mass is 32.2.